The number of hydrogen-bond acceptors (Lipinski definition) is 5. The van der Waals surface area contributed by atoms with Crippen LogP contribution in [0.25, 0.3) is 0 Å². The van der Waals surface area contributed by atoms with E-state index >= 15 is 0 Å². The van der Waals surface area contributed by atoms with Gasteiger partial charge in [0.1, 0.15) is 0 Å². The number of nitrogens with two attached hydrogens (primary N) is 2. The van der Waals surface area contributed by atoms with Crippen molar-refractivity contribution in [1.82, 2.24) is 5.32 Å². The van der Waals surface area contributed by atoms with E-state index in [1.807, 2.05) is 13.8 Å². The highest BCUT2D eigenvalue weighted by Crippen LogP contribution is 2.15. The first-order chi connectivity index (χ1) is 8.79. The zero-order valence-corrected chi connectivity index (χ0v) is 11.3. The molecule has 0 aliphatic heterocycles. The average Bonchev–Trinajstić information content (AvgIpc) is 2.26. The van der Waals surface area contributed by atoms with Crippen LogP contribution in [0.2, 0.25) is 0 Å². The Morgan fingerprint density at radius 1 is 1.11 bits per heavy atom. The van der Waals surface area contributed by atoms with Crippen LogP contribution in [-0.4, -0.2) is 24.0 Å². The number of nitrogens with one attached hydrogen (secondary N) is 1. The molecule has 5 N–H and O–H groups in total. The van der Waals surface area contributed by atoms with Crippen LogP contribution in [0, 0.1) is 0 Å². The van der Waals surface area contributed by atoms with Crippen LogP contribution in [0.3, 0.4) is 0 Å². The molecule has 6 heteroatoms. The molecule has 0 aliphatic carbocycles. The number of amides is 1. The molecule has 0 saturated heterocycles. The Balaban J connectivity index is 2.71. The molecule has 0 saturated carbocycles. The van der Waals surface area contributed by atoms with Crippen molar-refractivity contribution in [2.24, 2.45) is 0 Å². The van der Waals surface area contributed by atoms with Gasteiger partial charge in [0.25, 0.3) is 5.91 Å². The van der Waals surface area contributed by atoms with Crippen molar-refractivity contribution < 1.29 is 14.3 Å². The molecular weight excluding hydrogens is 246 g/mol. The van der Waals surface area contributed by atoms with Gasteiger partial charge in [0.05, 0.1) is 5.56 Å². The van der Waals surface area contributed by atoms with E-state index in [0.29, 0.717) is 11.4 Å². The monoisotopic (exact) mass is 265 g/mol. The molecule has 0 spiro atoms. The first-order valence-corrected chi connectivity index (χ1v) is 5.97. The summed E-state index contributed by atoms with van der Waals surface area (Å²) in [5.74, 6) is -0.981. The third kappa shape index (κ3) is 4.50. The Labute approximate surface area is 112 Å². The minimum Gasteiger partial charge on any atom is -0.449 e. The third-order valence-corrected chi connectivity index (χ3v) is 2.30. The summed E-state index contributed by atoms with van der Waals surface area (Å²) in [7, 11) is 0. The van der Waals surface area contributed by atoms with Gasteiger partial charge in [-0.2, -0.15) is 0 Å². The lowest BCUT2D eigenvalue weighted by molar-refractivity contribution is -0.129. The molecule has 0 fully saturated rings. The first kappa shape index (κ1) is 14.8. The molecule has 1 atom stereocenters. The van der Waals surface area contributed by atoms with E-state index in [4.69, 9.17) is 16.2 Å². The highest BCUT2D eigenvalue weighted by Gasteiger charge is 2.19. The van der Waals surface area contributed by atoms with Crippen molar-refractivity contribution in [2.45, 2.75) is 32.9 Å². The first-order valence-electron chi connectivity index (χ1n) is 5.97. The quantitative estimate of drug-likeness (QED) is 0.554. The molecule has 19 heavy (non-hydrogen) atoms. The summed E-state index contributed by atoms with van der Waals surface area (Å²) in [6.07, 6.45) is -0.877. The van der Waals surface area contributed by atoms with Gasteiger partial charge >= 0.3 is 5.97 Å². The fourth-order valence-corrected chi connectivity index (χ4v) is 1.48. The van der Waals surface area contributed by atoms with Gasteiger partial charge in [-0.05, 0) is 39.0 Å². The van der Waals surface area contributed by atoms with E-state index in [9.17, 15) is 9.59 Å². The highest BCUT2D eigenvalue weighted by atomic mass is 16.5. The van der Waals surface area contributed by atoms with E-state index in [-0.39, 0.29) is 17.5 Å². The lowest BCUT2D eigenvalue weighted by Crippen LogP contribution is -2.39. The zero-order valence-electron chi connectivity index (χ0n) is 11.3. The summed E-state index contributed by atoms with van der Waals surface area (Å²) in [5, 5.41) is 2.66. The van der Waals surface area contributed by atoms with Crippen molar-refractivity contribution in [2.75, 3.05) is 11.5 Å². The van der Waals surface area contributed by atoms with Gasteiger partial charge in [0.2, 0.25) is 0 Å². The molecule has 1 rings (SSSR count). The molecule has 1 aromatic carbocycles. The molecule has 1 unspecified atom stereocenters. The third-order valence-electron chi connectivity index (χ3n) is 2.30. The number of anilines is 2. The summed E-state index contributed by atoms with van der Waals surface area (Å²) in [4.78, 5) is 23.5. The fourth-order valence-electron chi connectivity index (χ4n) is 1.48. The largest absolute Gasteiger partial charge is 0.449 e. The molecule has 0 aliphatic rings. The second-order valence-corrected chi connectivity index (χ2v) is 4.60. The van der Waals surface area contributed by atoms with E-state index in [1.165, 1.54) is 25.1 Å². The van der Waals surface area contributed by atoms with Crippen molar-refractivity contribution in [1.29, 1.82) is 0 Å². The molecule has 6 nitrogen and oxygen atoms in total. The summed E-state index contributed by atoms with van der Waals surface area (Å²) >= 11 is 0. The second-order valence-electron chi connectivity index (χ2n) is 4.60. The average molecular weight is 265 g/mol. The van der Waals surface area contributed by atoms with Crippen LogP contribution < -0.4 is 16.8 Å². The SMILES string of the molecule is CC(C)NC(=O)C(C)OC(=O)c1cc(N)cc(N)c1. The smallest absolute Gasteiger partial charge is 0.339 e. The number of benzene rings is 1. The standard InChI is InChI=1S/C13H19N3O3/c1-7(2)16-12(17)8(3)19-13(18)9-4-10(14)6-11(15)5-9/h4-8H,14-15H2,1-3H3,(H,16,17). The molecule has 104 valence electrons. The van der Waals surface area contributed by atoms with Gasteiger partial charge in [0, 0.05) is 17.4 Å². The Morgan fingerprint density at radius 3 is 2.11 bits per heavy atom. The van der Waals surface area contributed by atoms with Gasteiger partial charge in [-0.25, -0.2) is 4.79 Å². The maximum Gasteiger partial charge on any atom is 0.339 e. The number of carbonyl (C=O) groups is 2. The van der Waals surface area contributed by atoms with E-state index in [0.717, 1.165) is 0 Å². The number of ether oxygens (including phenoxy) is 1. The van der Waals surface area contributed by atoms with Crippen LogP contribution >= 0.6 is 0 Å². The van der Waals surface area contributed by atoms with Crippen LogP contribution in [-0.2, 0) is 9.53 Å². The molecule has 0 heterocycles. The van der Waals surface area contributed by atoms with Gasteiger partial charge < -0.3 is 21.5 Å². The Kier molecular flexibility index (Phi) is 4.74. The molecule has 1 aromatic rings. The summed E-state index contributed by atoms with van der Waals surface area (Å²) in [6, 6.07) is 4.42. The number of rotatable bonds is 4. The molecule has 0 bridgehead atoms. The number of esters is 1. The number of hydrogen-bond donors (Lipinski definition) is 3. The zero-order chi connectivity index (χ0) is 14.6. The van der Waals surface area contributed by atoms with Gasteiger partial charge in [-0.1, -0.05) is 0 Å². The van der Waals surface area contributed by atoms with Gasteiger partial charge in [0.15, 0.2) is 6.10 Å². The lowest BCUT2D eigenvalue weighted by Gasteiger charge is -2.15. The molecule has 1 amide bonds. The van der Waals surface area contributed by atoms with Crippen LogP contribution in [0.5, 0.6) is 0 Å². The Hall–Kier alpha value is -2.24. The van der Waals surface area contributed by atoms with Crippen LogP contribution in [0.1, 0.15) is 31.1 Å². The summed E-state index contributed by atoms with van der Waals surface area (Å²) < 4.78 is 5.05. The van der Waals surface area contributed by atoms with Gasteiger partial charge in [-0.3, -0.25) is 4.79 Å². The van der Waals surface area contributed by atoms with Crippen molar-refractivity contribution in [3.8, 4) is 0 Å². The van der Waals surface area contributed by atoms with Crippen LogP contribution in [0.4, 0.5) is 11.4 Å². The van der Waals surface area contributed by atoms with Crippen molar-refractivity contribution in [3.05, 3.63) is 23.8 Å². The lowest BCUT2D eigenvalue weighted by atomic mass is 10.2. The fraction of sp³-hybridized carbons (Fsp3) is 0.385. The Bertz CT molecular complexity index is 466. The number of nitrogen functional groups attached to an aromatic ring is 2. The minimum atomic E-state index is -0.877. The van der Waals surface area contributed by atoms with Gasteiger partial charge in [-0.15, -0.1) is 0 Å². The predicted octanol–water partition coefficient (Wildman–Crippen LogP) is 0.921. The molecule has 0 aromatic heterocycles. The Morgan fingerprint density at radius 2 is 1.63 bits per heavy atom. The normalized spacial score (nSPS) is 12.0. The van der Waals surface area contributed by atoms with Crippen LogP contribution in [0.15, 0.2) is 18.2 Å². The van der Waals surface area contributed by atoms with Crippen molar-refractivity contribution in [3.63, 3.8) is 0 Å². The minimum absolute atomic E-state index is 0.0170. The maximum absolute atomic E-state index is 11.8. The number of carbonyl (C=O) groups excluding carboxylic acids is 2. The maximum atomic E-state index is 11.8. The topological polar surface area (TPSA) is 107 Å². The van der Waals surface area contributed by atoms with Crippen molar-refractivity contribution >= 4 is 23.3 Å². The second kappa shape index (κ2) is 6.08. The van der Waals surface area contributed by atoms with E-state index in [2.05, 4.69) is 5.32 Å². The highest BCUT2D eigenvalue weighted by molar-refractivity contribution is 5.94. The molecule has 0 radical (unpaired) electrons. The summed E-state index contributed by atoms with van der Waals surface area (Å²) in [6.45, 7) is 5.15. The predicted molar refractivity (Wildman–Crippen MR) is 73.4 cm³/mol. The molecular formula is C13H19N3O3. The van der Waals surface area contributed by atoms with E-state index < -0.39 is 12.1 Å². The summed E-state index contributed by atoms with van der Waals surface area (Å²) in [5.41, 5.74) is 12.1. The van der Waals surface area contributed by atoms with E-state index in [1.54, 1.807) is 0 Å².